The molecule has 2 nitrogen and oxygen atoms in total. The molecule has 0 aromatic carbocycles. The number of nitriles is 1. The third-order valence-corrected chi connectivity index (χ3v) is 2.32. The molecule has 0 aromatic rings. The molecule has 0 saturated heterocycles. The van der Waals surface area contributed by atoms with Crippen molar-refractivity contribution in [1.82, 2.24) is 5.32 Å². The van der Waals surface area contributed by atoms with Gasteiger partial charge in [0.1, 0.15) is 5.54 Å². The number of rotatable bonds is 3. The van der Waals surface area contributed by atoms with E-state index in [4.69, 9.17) is 5.26 Å². The minimum absolute atomic E-state index is 0.157. The number of hydrogen-bond donors (Lipinski definition) is 1. The first-order chi connectivity index (χ1) is 5.22. The van der Waals surface area contributed by atoms with Crippen molar-refractivity contribution >= 4 is 0 Å². The highest BCUT2D eigenvalue weighted by Gasteiger charge is 2.41. The van der Waals surface area contributed by atoms with Crippen molar-refractivity contribution < 1.29 is 0 Å². The Hall–Kier alpha value is -0.550. The van der Waals surface area contributed by atoms with Gasteiger partial charge in [0.25, 0.3) is 0 Å². The van der Waals surface area contributed by atoms with Crippen LogP contribution in [0.5, 0.6) is 0 Å². The minimum atomic E-state index is -0.157. The molecule has 62 valence electrons. The average Bonchev–Trinajstić information content (AvgIpc) is 1.96. The lowest BCUT2D eigenvalue weighted by Gasteiger charge is -2.41. The van der Waals surface area contributed by atoms with Gasteiger partial charge in [0.05, 0.1) is 6.07 Å². The van der Waals surface area contributed by atoms with Gasteiger partial charge in [-0.2, -0.15) is 5.26 Å². The van der Waals surface area contributed by atoms with E-state index in [-0.39, 0.29) is 5.54 Å². The molecule has 0 bridgehead atoms. The van der Waals surface area contributed by atoms with Crippen LogP contribution >= 0.6 is 0 Å². The van der Waals surface area contributed by atoms with Gasteiger partial charge in [0, 0.05) is 0 Å². The second-order valence-electron chi connectivity index (χ2n) is 3.63. The zero-order chi connectivity index (χ0) is 8.32. The molecule has 1 fully saturated rings. The van der Waals surface area contributed by atoms with Crippen molar-refractivity contribution in [1.29, 1.82) is 5.26 Å². The molecule has 0 aliphatic heterocycles. The smallest absolute Gasteiger partial charge is 0.107 e. The first-order valence-corrected chi connectivity index (χ1v) is 4.39. The quantitative estimate of drug-likeness (QED) is 0.667. The predicted octanol–water partition coefficient (Wildman–Crippen LogP) is 1.68. The summed E-state index contributed by atoms with van der Waals surface area (Å²) in [7, 11) is 0. The summed E-state index contributed by atoms with van der Waals surface area (Å²) in [5, 5.41) is 12.2. The minimum Gasteiger partial charge on any atom is -0.299 e. The molecule has 11 heavy (non-hydrogen) atoms. The van der Waals surface area contributed by atoms with Crippen LogP contribution in [0.1, 0.15) is 33.1 Å². The Morgan fingerprint density at radius 1 is 1.64 bits per heavy atom. The lowest BCUT2D eigenvalue weighted by atomic mass is 9.70. The van der Waals surface area contributed by atoms with Gasteiger partial charge in [-0.15, -0.1) is 0 Å². The summed E-state index contributed by atoms with van der Waals surface area (Å²) in [6.07, 6.45) is 3.17. The summed E-state index contributed by atoms with van der Waals surface area (Å²) in [6, 6.07) is 2.37. The van der Waals surface area contributed by atoms with E-state index >= 15 is 0 Å². The van der Waals surface area contributed by atoms with Crippen molar-refractivity contribution in [2.75, 3.05) is 6.54 Å². The summed E-state index contributed by atoms with van der Waals surface area (Å²) in [5.41, 5.74) is -0.157. The van der Waals surface area contributed by atoms with Crippen molar-refractivity contribution in [3.63, 3.8) is 0 Å². The Kier molecular flexibility index (Phi) is 2.51. The van der Waals surface area contributed by atoms with E-state index in [0.717, 1.165) is 31.7 Å². The SMILES string of the molecule is CCCNC1(C#N)CC(C)C1. The molecule has 1 rings (SSSR count). The Bertz CT molecular complexity index is 163. The van der Waals surface area contributed by atoms with Crippen LogP contribution in [0.15, 0.2) is 0 Å². The van der Waals surface area contributed by atoms with Crippen LogP contribution in [-0.4, -0.2) is 12.1 Å². The molecule has 1 aliphatic rings. The van der Waals surface area contributed by atoms with E-state index < -0.39 is 0 Å². The van der Waals surface area contributed by atoms with E-state index in [2.05, 4.69) is 25.2 Å². The maximum absolute atomic E-state index is 8.87. The van der Waals surface area contributed by atoms with E-state index in [1.54, 1.807) is 0 Å². The number of nitrogens with one attached hydrogen (secondary N) is 1. The molecule has 0 atom stereocenters. The van der Waals surface area contributed by atoms with E-state index in [1.807, 2.05) is 0 Å². The third kappa shape index (κ3) is 1.72. The third-order valence-electron chi connectivity index (χ3n) is 2.32. The molecule has 2 heteroatoms. The fourth-order valence-corrected chi connectivity index (χ4v) is 1.77. The topological polar surface area (TPSA) is 35.8 Å². The van der Waals surface area contributed by atoms with Crippen LogP contribution in [0.4, 0.5) is 0 Å². The van der Waals surface area contributed by atoms with Gasteiger partial charge in [-0.1, -0.05) is 13.8 Å². The molecule has 1 N–H and O–H groups in total. The monoisotopic (exact) mass is 152 g/mol. The van der Waals surface area contributed by atoms with Crippen molar-refractivity contribution in [3.8, 4) is 6.07 Å². The first kappa shape index (κ1) is 8.55. The number of nitrogens with zero attached hydrogens (tertiary/aromatic N) is 1. The number of hydrogen-bond acceptors (Lipinski definition) is 2. The predicted molar refractivity (Wildman–Crippen MR) is 45.0 cm³/mol. The van der Waals surface area contributed by atoms with Crippen LogP contribution in [0.2, 0.25) is 0 Å². The molecule has 1 aliphatic carbocycles. The van der Waals surface area contributed by atoms with Gasteiger partial charge in [-0.25, -0.2) is 0 Å². The lowest BCUT2D eigenvalue weighted by Crippen LogP contribution is -2.53. The summed E-state index contributed by atoms with van der Waals surface area (Å²) in [6.45, 7) is 5.30. The van der Waals surface area contributed by atoms with Crippen LogP contribution < -0.4 is 5.32 Å². The molecular weight excluding hydrogens is 136 g/mol. The Morgan fingerprint density at radius 3 is 2.64 bits per heavy atom. The highest BCUT2D eigenvalue weighted by molar-refractivity contribution is 5.14. The molecule has 0 aromatic heterocycles. The maximum atomic E-state index is 8.87. The highest BCUT2D eigenvalue weighted by Crippen LogP contribution is 2.36. The second-order valence-corrected chi connectivity index (χ2v) is 3.63. The normalized spacial score (nSPS) is 35.9. The van der Waals surface area contributed by atoms with Crippen LogP contribution in [0.25, 0.3) is 0 Å². The molecule has 0 radical (unpaired) electrons. The van der Waals surface area contributed by atoms with Crippen LogP contribution in [-0.2, 0) is 0 Å². The standard InChI is InChI=1S/C9H16N2/c1-3-4-11-9(7-10)5-8(2)6-9/h8,11H,3-6H2,1-2H3. The fraction of sp³-hybridized carbons (Fsp3) is 0.889. The van der Waals surface area contributed by atoms with Gasteiger partial charge in [0.2, 0.25) is 0 Å². The van der Waals surface area contributed by atoms with Gasteiger partial charge < -0.3 is 0 Å². The van der Waals surface area contributed by atoms with Crippen LogP contribution in [0.3, 0.4) is 0 Å². The summed E-state index contributed by atoms with van der Waals surface area (Å²) >= 11 is 0. The Morgan fingerprint density at radius 2 is 2.27 bits per heavy atom. The average molecular weight is 152 g/mol. The maximum Gasteiger partial charge on any atom is 0.107 e. The van der Waals surface area contributed by atoms with E-state index in [0.29, 0.717) is 0 Å². The van der Waals surface area contributed by atoms with Gasteiger partial charge >= 0.3 is 0 Å². The highest BCUT2D eigenvalue weighted by atomic mass is 15.0. The first-order valence-electron chi connectivity index (χ1n) is 4.39. The van der Waals surface area contributed by atoms with Gasteiger partial charge in [0.15, 0.2) is 0 Å². The molecule has 0 spiro atoms. The van der Waals surface area contributed by atoms with Crippen molar-refractivity contribution in [2.45, 2.75) is 38.6 Å². The molecular formula is C9H16N2. The Balaban J connectivity index is 2.33. The van der Waals surface area contributed by atoms with Gasteiger partial charge in [-0.3, -0.25) is 5.32 Å². The second kappa shape index (κ2) is 3.23. The summed E-state index contributed by atoms with van der Waals surface area (Å²) in [4.78, 5) is 0. The van der Waals surface area contributed by atoms with E-state index in [9.17, 15) is 0 Å². The molecule has 0 unspecified atom stereocenters. The molecule has 0 amide bonds. The Labute approximate surface area is 68.6 Å². The lowest BCUT2D eigenvalue weighted by molar-refractivity contribution is 0.173. The van der Waals surface area contributed by atoms with Crippen LogP contribution in [0, 0.1) is 17.2 Å². The molecule has 0 heterocycles. The zero-order valence-corrected chi connectivity index (χ0v) is 7.35. The fourth-order valence-electron chi connectivity index (χ4n) is 1.77. The summed E-state index contributed by atoms with van der Waals surface area (Å²) < 4.78 is 0. The summed E-state index contributed by atoms with van der Waals surface area (Å²) in [5.74, 6) is 0.735. The van der Waals surface area contributed by atoms with Crippen molar-refractivity contribution in [2.24, 2.45) is 5.92 Å². The molecule has 1 saturated carbocycles. The van der Waals surface area contributed by atoms with Crippen molar-refractivity contribution in [3.05, 3.63) is 0 Å². The van der Waals surface area contributed by atoms with E-state index in [1.165, 1.54) is 0 Å². The zero-order valence-electron chi connectivity index (χ0n) is 7.35. The largest absolute Gasteiger partial charge is 0.299 e. The van der Waals surface area contributed by atoms with Gasteiger partial charge in [-0.05, 0) is 31.7 Å².